The number of para-hydroxylation sites is 1. The lowest BCUT2D eigenvalue weighted by atomic mass is 10.2. The van der Waals surface area contributed by atoms with Gasteiger partial charge < -0.3 is 10.3 Å². The first-order valence-electron chi connectivity index (χ1n) is 4.60. The van der Waals surface area contributed by atoms with Crippen molar-refractivity contribution in [2.75, 3.05) is 0 Å². The molecule has 0 atom stereocenters. The Labute approximate surface area is 83.2 Å². The van der Waals surface area contributed by atoms with Gasteiger partial charge in [0.25, 0.3) is 0 Å². The summed E-state index contributed by atoms with van der Waals surface area (Å²) in [6.45, 7) is 2.52. The summed E-state index contributed by atoms with van der Waals surface area (Å²) in [5.41, 5.74) is 8.91. The van der Waals surface area contributed by atoms with Crippen molar-refractivity contribution in [3.63, 3.8) is 0 Å². The van der Waals surface area contributed by atoms with E-state index in [1.54, 1.807) is 0 Å². The van der Waals surface area contributed by atoms with Crippen LogP contribution in [0.5, 0.6) is 0 Å². The van der Waals surface area contributed by atoms with Crippen molar-refractivity contribution in [3.8, 4) is 5.69 Å². The third kappa shape index (κ3) is 1.54. The molecule has 0 radical (unpaired) electrons. The molecule has 0 aliphatic heterocycles. The van der Waals surface area contributed by atoms with Gasteiger partial charge in [-0.25, -0.2) is 4.98 Å². The first kappa shape index (κ1) is 8.97. The molecule has 0 aliphatic carbocycles. The summed E-state index contributed by atoms with van der Waals surface area (Å²) in [4.78, 5) is 4.19. The van der Waals surface area contributed by atoms with Gasteiger partial charge in [0, 0.05) is 12.7 Å². The van der Waals surface area contributed by atoms with E-state index in [4.69, 9.17) is 5.73 Å². The molecule has 72 valence electrons. The highest BCUT2D eigenvalue weighted by molar-refractivity contribution is 5.41. The van der Waals surface area contributed by atoms with Crippen molar-refractivity contribution in [3.05, 3.63) is 48.0 Å². The van der Waals surface area contributed by atoms with Crippen molar-refractivity contribution in [1.82, 2.24) is 9.55 Å². The van der Waals surface area contributed by atoms with Gasteiger partial charge in [-0.15, -0.1) is 0 Å². The van der Waals surface area contributed by atoms with E-state index >= 15 is 0 Å². The SMILES string of the molecule is Cc1cn(-c2ccccc2CN)cn1. The Kier molecular flexibility index (Phi) is 2.33. The normalized spacial score (nSPS) is 10.4. The van der Waals surface area contributed by atoms with Crippen LogP contribution in [0.15, 0.2) is 36.8 Å². The maximum atomic E-state index is 5.66. The second kappa shape index (κ2) is 3.64. The standard InChI is InChI=1S/C11H13N3/c1-9-7-14(8-13-9)11-5-3-2-4-10(11)6-12/h2-5,7-8H,6,12H2,1H3. The molecule has 1 heterocycles. The van der Waals surface area contributed by atoms with Gasteiger partial charge in [-0.1, -0.05) is 18.2 Å². The van der Waals surface area contributed by atoms with Gasteiger partial charge >= 0.3 is 0 Å². The molecule has 0 saturated heterocycles. The molecule has 0 fully saturated rings. The molecule has 0 spiro atoms. The van der Waals surface area contributed by atoms with Gasteiger partial charge in [-0.2, -0.15) is 0 Å². The van der Waals surface area contributed by atoms with Crippen molar-refractivity contribution < 1.29 is 0 Å². The minimum Gasteiger partial charge on any atom is -0.326 e. The Bertz CT molecular complexity index is 432. The topological polar surface area (TPSA) is 43.8 Å². The van der Waals surface area contributed by atoms with E-state index in [0.717, 1.165) is 16.9 Å². The number of aryl methyl sites for hydroxylation is 1. The number of nitrogens with two attached hydrogens (primary N) is 1. The zero-order valence-corrected chi connectivity index (χ0v) is 8.14. The Morgan fingerprint density at radius 1 is 1.36 bits per heavy atom. The first-order valence-corrected chi connectivity index (χ1v) is 4.60. The molecule has 0 unspecified atom stereocenters. The minimum atomic E-state index is 0.549. The predicted octanol–water partition coefficient (Wildman–Crippen LogP) is 1.64. The fourth-order valence-electron chi connectivity index (χ4n) is 1.49. The first-order chi connectivity index (χ1) is 6.81. The molecule has 2 N–H and O–H groups in total. The second-order valence-electron chi connectivity index (χ2n) is 3.26. The van der Waals surface area contributed by atoms with Crippen LogP contribution < -0.4 is 5.73 Å². The molecule has 0 saturated carbocycles. The summed E-state index contributed by atoms with van der Waals surface area (Å²) in [7, 11) is 0. The number of benzene rings is 1. The van der Waals surface area contributed by atoms with Gasteiger partial charge in [0.15, 0.2) is 0 Å². The molecular weight excluding hydrogens is 174 g/mol. The van der Waals surface area contributed by atoms with Crippen LogP contribution in [-0.4, -0.2) is 9.55 Å². The Morgan fingerprint density at radius 3 is 2.79 bits per heavy atom. The molecule has 0 aliphatic rings. The lowest BCUT2D eigenvalue weighted by Gasteiger charge is -2.07. The highest BCUT2D eigenvalue weighted by Gasteiger charge is 2.01. The van der Waals surface area contributed by atoms with Gasteiger partial charge in [-0.05, 0) is 18.6 Å². The fourth-order valence-corrected chi connectivity index (χ4v) is 1.49. The zero-order chi connectivity index (χ0) is 9.97. The highest BCUT2D eigenvalue weighted by Crippen LogP contribution is 2.13. The van der Waals surface area contributed by atoms with Crippen LogP contribution in [0.25, 0.3) is 5.69 Å². The van der Waals surface area contributed by atoms with Gasteiger partial charge in [0.05, 0.1) is 17.7 Å². The largest absolute Gasteiger partial charge is 0.326 e. The average molecular weight is 187 g/mol. The van der Waals surface area contributed by atoms with E-state index < -0.39 is 0 Å². The maximum absolute atomic E-state index is 5.66. The summed E-state index contributed by atoms with van der Waals surface area (Å²) >= 11 is 0. The van der Waals surface area contributed by atoms with Crippen molar-refractivity contribution in [2.24, 2.45) is 5.73 Å². The highest BCUT2D eigenvalue weighted by atomic mass is 15.0. The zero-order valence-electron chi connectivity index (χ0n) is 8.14. The van der Waals surface area contributed by atoms with Crippen LogP contribution in [0.1, 0.15) is 11.3 Å². The van der Waals surface area contributed by atoms with Crippen molar-refractivity contribution in [2.45, 2.75) is 13.5 Å². The molecule has 1 aromatic heterocycles. The van der Waals surface area contributed by atoms with Crippen LogP contribution in [0.4, 0.5) is 0 Å². The van der Waals surface area contributed by atoms with E-state index in [0.29, 0.717) is 6.54 Å². The monoisotopic (exact) mass is 187 g/mol. The fraction of sp³-hybridized carbons (Fsp3) is 0.182. The number of imidazole rings is 1. The Hall–Kier alpha value is -1.61. The van der Waals surface area contributed by atoms with E-state index in [-0.39, 0.29) is 0 Å². The molecule has 1 aromatic carbocycles. The average Bonchev–Trinajstić information content (AvgIpc) is 2.65. The summed E-state index contributed by atoms with van der Waals surface area (Å²) in [5.74, 6) is 0. The van der Waals surface area contributed by atoms with Crippen molar-refractivity contribution >= 4 is 0 Å². The second-order valence-corrected chi connectivity index (χ2v) is 3.26. The number of aromatic nitrogens is 2. The van der Waals surface area contributed by atoms with Crippen molar-refractivity contribution in [1.29, 1.82) is 0 Å². The Balaban J connectivity index is 2.50. The van der Waals surface area contributed by atoms with E-state index in [1.165, 1.54) is 0 Å². The summed E-state index contributed by atoms with van der Waals surface area (Å²) in [5, 5.41) is 0. The molecular formula is C11H13N3. The molecule has 0 bridgehead atoms. The van der Waals surface area contributed by atoms with Crippen LogP contribution in [0.2, 0.25) is 0 Å². The lowest BCUT2D eigenvalue weighted by molar-refractivity contribution is 0.983. The number of hydrogen-bond donors (Lipinski definition) is 1. The third-order valence-corrected chi connectivity index (χ3v) is 2.20. The molecule has 3 nitrogen and oxygen atoms in total. The predicted molar refractivity (Wildman–Crippen MR) is 56.2 cm³/mol. The number of hydrogen-bond acceptors (Lipinski definition) is 2. The van der Waals surface area contributed by atoms with E-state index in [1.807, 2.05) is 48.3 Å². The van der Waals surface area contributed by atoms with Crippen LogP contribution in [0.3, 0.4) is 0 Å². The lowest BCUT2D eigenvalue weighted by Crippen LogP contribution is -2.02. The van der Waals surface area contributed by atoms with Gasteiger partial charge in [0.2, 0.25) is 0 Å². The number of rotatable bonds is 2. The summed E-state index contributed by atoms with van der Waals surface area (Å²) < 4.78 is 2.00. The molecule has 2 rings (SSSR count). The van der Waals surface area contributed by atoms with E-state index in [9.17, 15) is 0 Å². The molecule has 2 aromatic rings. The quantitative estimate of drug-likeness (QED) is 0.776. The molecule has 14 heavy (non-hydrogen) atoms. The Morgan fingerprint density at radius 2 is 2.14 bits per heavy atom. The summed E-state index contributed by atoms with van der Waals surface area (Å²) in [6.07, 6.45) is 3.80. The van der Waals surface area contributed by atoms with Gasteiger partial charge in [0.1, 0.15) is 0 Å². The third-order valence-electron chi connectivity index (χ3n) is 2.20. The smallest absolute Gasteiger partial charge is 0.0995 e. The van der Waals surface area contributed by atoms with Crippen LogP contribution in [-0.2, 0) is 6.54 Å². The minimum absolute atomic E-state index is 0.549. The van der Waals surface area contributed by atoms with Gasteiger partial charge in [-0.3, -0.25) is 0 Å². The molecule has 0 amide bonds. The van der Waals surface area contributed by atoms with E-state index in [2.05, 4.69) is 4.98 Å². The molecule has 3 heteroatoms. The van der Waals surface area contributed by atoms with Crippen LogP contribution >= 0.6 is 0 Å². The number of nitrogens with zero attached hydrogens (tertiary/aromatic N) is 2. The maximum Gasteiger partial charge on any atom is 0.0995 e. The summed E-state index contributed by atoms with van der Waals surface area (Å²) in [6, 6.07) is 8.08. The van der Waals surface area contributed by atoms with Crippen LogP contribution in [0, 0.1) is 6.92 Å².